The van der Waals surface area contributed by atoms with Gasteiger partial charge in [-0.3, -0.25) is 4.79 Å². The first-order chi connectivity index (χ1) is 12.6. The summed E-state index contributed by atoms with van der Waals surface area (Å²) in [4.78, 5) is 20.1. The van der Waals surface area contributed by atoms with Gasteiger partial charge in [-0.25, -0.2) is 0 Å². The Morgan fingerprint density at radius 3 is 2.54 bits per heavy atom. The molecule has 26 heavy (non-hydrogen) atoms. The molecule has 0 fully saturated rings. The number of H-pyrrole nitrogens is 1. The van der Waals surface area contributed by atoms with Crippen molar-refractivity contribution < 1.29 is 0 Å². The Morgan fingerprint density at radius 1 is 1.00 bits per heavy atom. The minimum atomic E-state index is -0.158. The van der Waals surface area contributed by atoms with E-state index in [-0.39, 0.29) is 5.56 Å². The number of para-hydroxylation sites is 1. The first kappa shape index (κ1) is 16.3. The molecule has 0 spiro atoms. The Balaban J connectivity index is 1.72. The molecule has 4 rings (SSSR count). The highest BCUT2D eigenvalue weighted by atomic mass is 16.1. The molecule has 0 aliphatic carbocycles. The van der Waals surface area contributed by atoms with Crippen LogP contribution in [0.3, 0.4) is 0 Å². The Labute approximate surface area is 152 Å². The maximum Gasteiger partial charge on any atom is 0.281 e. The fourth-order valence-corrected chi connectivity index (χ4v) is 3.63. The summed E-state index contributed by atoms with van der Waals surface area (Å²) in [5.74, 6) is 0.757. The van der Waals surface area contributed by atoms with Gasteiger partial charge < -0.3 is 9.55 Å². The zero-order valence-corrected chi connectivity index (χ0v) is 15.0. The van der Waals surface area contributed by atoms with Crippen molar-refractivity contribution in [3.63, 3.8) is 0 Å². The molecule has 0 aliphatic rings. The average Bonchev–Trinajstić information content (AvgIpc) is 3.05. The smallest absolute Gasteiger partial charge is 0.281 e. The van der Waals surface area contributed by atoms with Crippen molar-refractivity contribution in [1.29, 1.82) is 0 Å². The molecule has 0 aliphatic heterocycles. The summed E-state index contributed by atoms with van der Waals surface area (Å²) >= 11 is 0. The van der Waals surface area contributed by atoms with E-state index in [1.807, 2.05) is 50.2 Å². The highest BCUT2D eigenvalue weighted by Gasteiger charge is 2.14. The van der Waals surface area contributed by atoms with Crippen LogP contribution in [0.4, 0.5) is 0 Å². The minimum absolute atomic E-state index is 0.158. The molecule has 0 bridgehead atoms. The molecule has 2 aromatic heterocycles. The lowest BCUT2D eigenvalue weighted by molar-refractivity contribution is 0.631. The normalized spacial score (nSPS) is 11.2. The van der Waals surface area contributed by atoms with Gasteiger partial charge in [-0.15, -0.1) is 0 Å². The molecule has 4 aromatic rings. The second-order valence-electron chi connectivity index (χ2n) is 6.55. The summed E-state index contributed by atoms with van der Waals surface area (Å²) in [6.45, 7) is 4.69. The van der Waals surface area contributed by atoms with Gasteiger partial charge in [-0.1, -0.05) is 48.5 Å². The largest absolute Gasteiger partial charge is 0.361 e. The standard InChI is InChI=1S/C22H21N3O/c1-15-21(17-8-4-3-5-9-17)22(26)24-16(2)25(15)13-12-18-14-23-20-11-7-6-10-19(18)20/h3-11,14,23H,12-13H2,1-2H3. The molecule has 0 atom stereocenters. The van der Waals surface area contributed by atoms with E-state index >= 15 is 0 Å². The number of benzene rings is 2. The number of fused-ring (bicyclic) bond motifs is 1. The quantitative estimate of drug-likeness (QED) is 0.602. The topological polar surface area (TPSA) is 50.7 Å². The summed E-state index contributed by atoms with van der Waals surface area (Å²) in [7, 11) is 0. The summed E-state index contributed by atoms with van der Waals surface area (Å²) < 4.78 is 2.14. The third kappa shape index (κ3) is 2.84. The number of aromatic nitrogens is 3. The van der Waals surface area contributed by atoms with Crippen molar-refractivity contribution in [1.82, 2.24) is 14.5 Å². The lowest BCUT2D eigenvalue weighted by Crippen LogP contribution is -2.21. The molecular formula is C22H21N3O. The van der Waals surface area contributed by atoms with Crippen LogP contribution in [0.2, 0.25) is 0 Å². The zero-order valence-electron chi connectivity index (χ0n) is 15.0. The first-order valence-electron chi connectivity index (χ1n) is 8.83. The van der Waals surface area contributed by atoms with Crippen LogP contribution in [0.15, 0.2) is 65.6 Å². The Hall–Kier alpha value is -3.14. The van der Waals surface area contributed by atoms with E-state index in [0.717, 1.165) is 35.6 Å². The summed E-state index contributed by atoms with van der Waals surface area (Å²) in [5, 5.41) is 1.25. The van der Waals surface area contributed by atoms with Crippen molar-refractivity contribution in [2.45, 2.75) is 26.8 Å². The summed E-state index contributed by atoms with van der Waals surface area (Å²) in [6, 6.07) is 18.1. The van der Waals surface area contributed by atoms with Gasteiger partial charge in [0.1, 0.15) is 5.82 Å². The third-order valence-electron chi connectivity index (χ3n) is 4.98. The monoisotopic (exact) mass is 343 g/mol. The molecule has 1 N–H and O–H groups in total. The molecule has 130 valence electrons. The molecule has 2 aromatic carbocycles. The molecule has 0 amide bonds. The van der Waals surface area contributed by atoms with Crippen molar-refractivity contribution >= 4 is 10.9 Å². The van der Waals surface area contributed by atoms with Gasteiger partial charge >= 0.3 is 0 Å². The van der Waals surface area contributed by atoms with Crippen LogP contribution < -0.4 is 5.56 Å². The van der Waals surface area contributed by atoms with E-state index in [1.165, 1.54) is 10.9 Å². The van der Waals surface area contributed by atoms with E-state index in [2.05, 4.69) is 38.9 Å². The lowest BCUT2D eigenvalue weighted by atomic mass is 10.1. The van der Waals surface area contributed by atoms with Crippen LogP contribution in [0.5, 0.6) is 0 Å². The highest BCUT2D eigenvalue weighted by Crippen LogP contribution is 2.22. The molecule has 2 heterocycles. The van der Waals surface area contributed by atoms with Crippen molar-refractivity contribution in [2.75, 3.05) is 0 Å². The third-order valence-corrected chi connectivity index (χ3v) is 4.98. The molecule has 0 saturated carbocycles. The second-order valence-corrected chi connectivity index (χ2v) is 6.55. The van der Waals surface area contributed by atoms with E-state index in [4.69, 9.17) is 0 Å². The van der Waals surface area contributed by atoms with E-state index in [1.54, 1.807) is 0 Å². The molecule has 0 radical (unpaired) electrons. The molecule has 0 saturated heterocycles. The van der Waals surface area contributed by atoms with Gasteiger partial charge in [0.15, 0.2) is 0 Å². The zero-order chi connectivity index (χ0) is 18.1. The number of aromatic amines is 1. The molecular weight excluding hydrogens is 322 g/mol. The van der Waals surface area contributed by atoms with Gasteiger partial charge in [0.2, 0.25) is 0 Å². The number of nitrogens with zero attached hydrogens (tertiary/aromatic N) is 2. The highest BCUT2D eigenvalue weighted by molar-refractivity contribution is 5.83. The van der Waals surface area contributed by atoms with Crippen LogP contribution in [0.1, 0.15) is 17.1 Å². The SMILES string of the molecule is Cc1nc(=O)c(-c2ccccc2)c(C)n1CCc1c[nH]c2ccccc12. The van der Waals surface area contributed by atoms with Crippen LogP contribution in [0.25, 0.3) is 22.0 Å². The van der Waals surface area contributed by atoms with E-state index in [0.29, 0.717) is 5.56 Å². The number of hydrogen-bond acceptors (Lipinski definition) is 2. The Bertz CT molecular complexity index is 1120. The van der Waals surface area contributed by atoms with Gasteiger partial charge in [-0.2, -0.15) is 4.98 Å². The number of nitrogens with one attached hydrogen (secondary N) is 1. The molecule has 4 heteroatoms. The van der Waals surface area contributed by atoms with Crippen LogP contribution >= 0.6 is 0 Å². The number of hydrogen-bond donors (Lipinski definition) is 1. The maximum absolute atomic E-state index is 12.5. The first-order valence-corrected chi connectivity index (χ1v) is 8.83. The fourth-order valence-electron chi connectivity index (χ4n) is 3.63. The van der Waals surface area contributed by atoms with Gasteiger partial charge in [0, 0.05) is 29.3 Å². The van der Waals surface area contributed by atoms with E-state index in [9.17, 15) is 4.79 Å². The van der Waals surface area contributed by atoms with Gasteiger partial charge in [0.25, 0.3) is 5.56 Å². The van der Waals surface area contributed by atoms with Gasteiger partial charge in [0.05, 0.1) is 5.56 Å². The van der Waals surface area contributed by atoms with Crippen LogP contribution in [-0.4, -0.2) is 14.5 Å². The molecule has 0 unspecified atom stereocenters. The Kier molecular flexibility index (Phi) is 4.17. The lowest BCUT2D eigenvalue weighted by Gasteiger charge is -2.16. The Morgan fingerprint density at radius 2 is 1.73 bits per heavy atom. The fraction of sp³-hybridized carbons (Fsp3) is 0.182. The number of aryl methyl sites for hydroxylation is 2. The summed E-state index contributed by atoms with van der Waals surface area (Å²) in [6.07, 6.45) is 2.95. The predicted molar refractivity (Wildman–Crippen MR) is 105 cm³/mol. The predicted octanol–water partition coefficient (Wildman–Crippen LogP) is 4.25. The minimum Gasteiger partial charge on any atom is -0.361 e. The van der Waals surface area contributed by atoms with Crippen LogP contribution in [-0.2, 0) is 13.0 Å². The number of rotatable bonds is 4. The second kappa shape index (κ2) is 6.64. The average molecular weight is 343 g/mol. The maximum atomic E-state index is 12.5. The van der Waals surface area contributed by atoms with Crippen molar-refractivity contribution in [3.8, 4) is 11.1 Å². The van der Waals surface area contributed by atoms with Gasteiger partial charge in [-0.05, 0) is 37.5 Å². The summed E-state index contributed by atoms with van der Waals surface area (Å²) in [5.41, 5.74) is 4.85. The molecule has 4 nitrogen and oxygen atoms in total. The van der Waals surface area contributed by atoms with Crippen molar-refractivity contribution in [3.05, 3.63) is 88.2 Å². The van der Waals surface area contributed by atoms with Crippen molar-refractivity contribution in [2.24, 2.45) is 0 Å². The van der Waals surface area contributed by atoms with Crippen LogP contribution in [0, 0.1) is 13.8 Å². The van der Waals surface area contributed by atoms with E-state index < -0.39 is 0 Å².